The van der Waals surface area contributed by atoms with Crippen molar-refractivity contribution in [3.8, 4) is 11.5 Å². The Labute approximate surface area is 207 Å². The van der Waals surface area contributed by atoms with Gasteiger partial charge in [-0.3, -0.25) is 0 Å². The summed E-state index contributed by atoms with van der Waals surface area (Å²) in [5.74, 6) is 1.56. The molecule has 29 heavy (non-hydrogen) atoms. The summed E-state index contributed by atoms with van der Waals surface area (Å²) in [7, 11) is 3.27. The van der Waals surface area contributed by atoms with Gasteiger partial charge in [-0.1, -0.05) is 37.1 Å². The molecule has 0 heterocycles. The van der Waals surface area contributed by atoms with E-state index in [1.807, 2.05) is 64.1 Å². The van der Waals surface area contributed by atoms with Gasteiger partial charge in [-0.05, 0) is 49.2 Å². The molecule has 0 atom stereocenters. The second kappa shape index (κ2) is 13.2. The molecule has 2 nitrogen and oxygen atoms in total. The molecule has 162 valence electrons. The van der Waals surface area contributed by atoms with Crippen LogP contribution >= 0.6 is 0 Å². The van der Waals surface area contributed by atoms with Crippen molar-refractivity contribution < 1.29 is 26.0 Å². The quantitative estimate of drug-likeness (QED) is 0.395. The summed E-state index contributed by atoms with van der Waals surface area (Å²) in [6, 6.07) is 11.8. The van der Waals surface area contributed by atoms with Gasteiger partial charge >= 0.3 is 0 Å². The predicted octanol–water partition coefficient (Wildman–Crippen LogP) is 5.57. The maximum absolute atomic E-state index is 5.24. The third-order valence-corrected chi connectivity index (χ3v) is 5.56. The van der Waals surface area contributed by atoms with E-state index in [0.29, 0.717) is 9.81 Å². The van der Waals surface area contributed by atoms with Crippen molar-refractivity contribution in [2.24, 2.45) is 0 Å². The molecule has 7 heteroatoms. The van der Waals surface area contributed by atoms with E-state index in [1.54, 1.807) is 14.2 Å². The molecule has 0 aliphatic rings. The van der Waals surface area contributed by atoms with Gasteiger partial charge < -0.3 is 60.0 Å². The second-order valence-corrected chi connectivity index (χ2v) is 8.22. The Balaban J connectivity index is 0.000000523. The van der Waals surface area contributed by atoms with Gasteiger partial charge in [0.1, 0.15) is 11.5 Å². The molecule has 2 rings (SSSR count). The van der Waals surface area contributed by atoms with Crippen LogP contribution in [0.5, 0.6) is 11.5 Å². The van der Waals surface area contributed by atoms with Gasteiger partial charge in [-0.15, -0.1) is 0 Å². The molecule has 0 aromatic heterocycles. The van der Waals surface area contributed by atoms with Crippen molar-refractivity contribution in [2.45, 2.75) is 27.7 Å². The topological polar surface area (TPSA) is 18.5 Å². The Kier molecular flexibility index (Phi) is 12.7. The summed E-state index contributed by atoms with van der Waals surface area (Å²) in [6.45, 7) is 7.70. The van der Waals surface area contributed by atoms with Crippen LogP contribution in [0.1, 0.15) is 36.1 Å². The monoisotopic (exact) mass is 506 g/mol. The van der Waals surface area contributed by atoms with Gasteiger partial charge in [-0.2, -0.15) is 9.81 Å². The van der Waals surface area contributed by atoms with Crippen LogP contribution in [0, 0.1) is 13.8 Å². The molecule has 0 radical (unpaired) electrons. The first-order valence-corrected chi connectivity index (χ1v) is 10.2. The van der Waals surface area contributed by atoms with E-state index in [4.69, 9.17) is 60.0 Å². The number of methoxy groups -OCH3 is 2. The fourth-order valence-electron chi connectivity index (χ4n) is 2.38. The Morgan fingerprint density at radius 3 is 1.21 bits per heavy atom. The van der Waals surface area contributed by atoms with Crippen LogP contribution in [0.3, 0.4) is 0 Å². The molecule has 0 spiro atoms. The molecule has 0 aliphatic carbocycles. The molecule has 0 unspecified atom stereocenters. The van der Waals surface area contributed by atoms with E-state index in [-0.39, 0.29) is 16.5 Å². The van der Waals surface area contributed by atoms with Crippen molar-refractivity contribution >= 4 is 60.3 Å². The van der Waals surface area contributed by atoms with Crippen LogP contribution < -0.4 is 9.47 Å². The van der Waals surface area contributed by atoms with Gasteiger partial charge in [0.15, 0.2) is 0 Å². The van der Waals surface area contributed by atoms with E-state index >= 15 is 0 Å². The van der Waals surface area contributed by atoms with Gasteiger partial charge in [0.05, 0.1) is 14.2 Å². The Morgan fingerprint density at radius 1 is 0.655 bits per heavy atom. The van der Waals surface area contributed by atoms with Crippen LogP contribution in [-0.4, -0.2) is 14.2 Å². The summed E-state index contributed by atoms with van der Waals surface area (Å²) in [4.78, 5) is 2.84. The van der Waals surface area contributed by atoms with Crippen molar-refractivity contribution in [1.82, 2.24) is 0 Å². The predicted molar refractivity (Wildman–Crippen MR) is 130 cm³/mol. The van der Waals surface area contributed by atoms with E-state index in [9.17, 15) is 0 Å². The average molecular weight is 507 g/mol. The number of ether oxygens (including phenoxy) is 2. The SMILES string of the molecule is COc1ccc(C)cc1/C([S-])=C(\C)[S-].COc1ccc(C)cc1/C([S-])=C(\C)[S-].[Ni]. The van der Waals surface area contributed by atoms with Gasteiger partial charge in [0, 0.05) is 16.5 Å². The molecule has 0 bridgehead atoms. The number of hydrogen-bond acceptors (Lipinski definition) is 6. The minimum absolute atomic E-state index is 0. The number of aryl methyl sites for hydroxylation is 2. The Bertz CT molecular complexity index is 811. The van der Waals surface area contributed by atoms with Crippen molar-refractivity contribution in [2.75, 3.05) is 14.2 Å². The molecule has 0 N–H and O–H groups in total. The molecule has 0 fully saturated rings. The van der Waals surface area contributed by atoms with Crippen molar-refractivity contribution in [1.29, 1.82) is 0 Å². The first kappa shape index (κ1) is 27.9. The van der Waals surface area contributed by atoms with E-state index in [0.717, 1.165) is 43.6 Å². The summed E-state index contributed by atoms with van der Waals surface area (Å²) in [5.41, 5.74) is 4.13. The minimum atomic E-state index is 0. The molecule has 0 saturated carbocycles. The molecule has 2 aromatic rings. The largest absolute Gasteiger partial charge is 0.785 e. The summed E-state index contributed by atoms with van der Waals surface area (Å²) < 4.78 is 10.4. The fourth-order valence-corrected chi connectivity index (χ4v) is 2.92. The summed E-state index contributed by atoms with van der Waals surface area (Å²) >= 11 is 20.6. The zero-order chi connectivity index (χ0) is 21.4. The zero-order valence-corrected chi connectivity index (χ0v) is 21.5. The molecule has 0 amide bonds. The summed E-state index contributed by atoms with van der Waals surface area (Å²) in [6.07, 6.45) is 0. The fraction of sp³-hybridized carbons (Fsp3) is 0.273. The molecular weight excluding hydrogens is 483 g/mol. The third kappa shape index (κ3) is 8.27. The minimum Gasteiger partial charge on any atom is -0.785 e. The van der Waals surface area contributed by atoms with Gasteiger partial charge in [0.2, 0.25) is 0 Å². The van der Waals surface area contributed by atoms with Gasteiger partial charge in [-0.25, -0.2) is 9.81 Å². The first-order chi connectivity index (χ1) is 13.1. The number of benzene rings is 2. The van der Waals surface area contributed by atoms with Crippen LogP contribution in [-0.2, 0) is 67.0 Å². The van der Waals surface area contributed by atoms with Crippen LogP contribution in [0.4, 0.5) is 0 Å². The maximum atomic E-state index is 5.24. The Morgan fingerprint density at radius 2 is 0.966 bits per heavy atom. The smallest absolute Gasteiger partial charge is 0.124 e. The van der Waals surface area contributed by atoms with Gasteiger partial charge in [0.25, 0.3) is 0 Å². The van der Waals surface area contributed by atoms with Crippen molar-refractivity contribution in [3.05, 3.63) is 68.5 Å². The normalized spacial score (nSPS) is 11.8. The Hall–Kier alpha value is -1.11. The van der Waals surface area contributed by atoms with E-state index in [1.165, 1.54) is 0 Å². The standard InChI is InChI=1S/2C11H14OS2.Ni/c2*1-7-4-5-10(12-3)9(6-7)11(14)8(2)13;/h2*4-6,13-14H,1-3H3;/p-4/b2*11-8-;. The molecule has 0 aliphatic heterocycles. The average Bonchev–Trinajstić information content (AvgIpc) is 2.66. The van der Waals surface area contributed by atoms with Crippen molar-refractivity contribution in [3.63, 3.8) is 0 Å². The number of rotatable bonds is 4. The zero-order valence-electron chi connectivity index (χ0n) is 17.2. The first-order valence-electron chi connectivity index (χ1n) is 8.52. The summed E-state index contributed by atoms with van der Waals surface area (Å²) in [5, 5.41) is 0. The molecule has 0 saturated heterocycles. The maximum Gasteiger partial charge on any atom is 0.124 e. The van der Waals surface area contributed by atoms with Crippen LogP contribution in [0.15, 0.2) is 46.2 Å². The molecule has 2 aromatic carbocycles. The molecular formula is C22H24NiO2S4-4. The third-order valence-electron chi connectivity index (χ3n) is 3.84. The van der Waals surface area contributed by atoms with E-state index in [2.05, 4.69) is 0 Å². The van der Waals surface area contributed by atoms with Crippen LogP contribution in [0.25, 0.3) is 9.81 Å². The number of hydrogen-bond donors (Lipinski definition) is 0. The number of allylic oxidation sites excluding steroid dienone is 2. The second-order valence-electron chi connectivity index (χ2n) is 6.18. The van der Waals surface area contributed by atoms with E-state index < -0.39 is 0 Å². The van der Waals surface area contributed by atoms with Crippen LogP contribution in [0.2, 0.25) is 0 Å².